The van der Waals surface area contributed by atoms with Gasteiger partial charge in [0.05, 0.1) is 24.6 Å². The number of carbonyl (C=O) groups is 1. The summed E-state index contributed by atoms with van der Waals surface area (Å²) in [4.78, 5) is 12.5. The van der Waals surface area contributed by atoms with E-state index < -0.39 is 33.7 Å². The summed E-state index contributed by atoms with van der Waals surface area (Å²) in [5, 5.41) is 2.48. The molecule has 0 aliphatic carbocycles. The van der Waals surface area contributed by atoms with Gasteiger partial charge in [0, 0.05) is 12.6 Å². The molecule has 2 rings (SSSR count). The number of carbonyl (C=O) groups excluding carboxylic acids is 1. The summed E-state index contributed by atoms with van der Waals surface area (Å²) < 4.78 is 69.0. The Labute approximate surface area is 167 Å². The third-order valence-electron chi connectivity index (χ3n) is 4.12. The quantitative estimate of drug-likeness (QED) is 0.732. The van der Waals surface area contributed by atoms with E-state index in [0.717, 1.165) is 22.7 Å². The maximum atomic E-state index is 12.8. The average molecular weight is 430 g/mol. The highest BCUT2D eigenvalue weighted by molar-refractivity contribution is 7.92. The van der Waals surface area contributed by atoms with Crippen LogP contribution in [0.5, 0.6) is 5.75 Å². The van der Waals surface area contributed by atoms with Crippen molar-refractivity contribution in [1.82, 2.24) is 5.32 Å². The van der Waals surface area contributed by atoms with Gasteiger partial charge in [-0.1, -0.05) is 18.2 Å². The molecule has 0 aliphatic rings. The number of ether oxygens (including phenoxy) is 1. The molecule has 1 atom stereocenters. The first-order valence-corrected chi connectivity index (χ1v) is 10.4. The molecule has 1 N–H and O–H groups in total. The van der Waals surface area contributed by atoms with Crippen LogP contribution in [0.4, 0.5) is 18.9 Å². The van der Waals surface area contributed by atoms with E-state index in [0.29, 0.717) is 5.75 Å². The van der Waals surface area contributed by atoms with Crippen molar-refractivity contribution in [3.8, 4) is 5.75 Å². The summed E-state index contributed by atoms with van der Waals surface area (Å²) in [7, 11) is -2.40. The third-order valence-corrected chi connectivity index (χ3v) is 5.36. The summed E-state index contributed by atoms with van der Waals surface area (Å²) in [6, 6.07) is 9.61. The highest BCUT2D eigenvalue weighted by atomic mass is 32.2. The fraction of sp³-hybridized carbons (Fsp3) is 0.316. The van der Waals surface area contributed by atoms with Gasteiger partial charge in [0.1, 0.15) is 11.8 Å². The number of amides is 1. The van der Waals surface area contributed by atoms with Gasteiger partial charge in [-0.15, -0.1) is 0 Å². The Hall–Kier alpha value is -2.75. The number of anilines is 1. The highest BCUT2D eigenvalue weighted by Crippen LogP contribution is 2.29. The van der Waals surface area contributed by atoms with Crippen LogP contribution in [0.3, 0.4) is 0 Å². The Morgan fingerprint density at radius 1 is 1.17 bits per heavy atom. The van der Waals surface area contributed by atoms with E-state index in [1.54, 1.807) is 12.1 Å². The number of hydrogen-bond donors (Lipinski definition) is 1. The van der Waals surface area contributed by atoms with E-state index >= 15 is 0 Å². The minimum absolute atomic E-state index is 0.178. The van der Waals surface area contributed by atoms with Crippen molar-refractivity contribution < 1.29 is 31.1 Å². The lowest BCUT2D eigenvalue weighted by Crippen LogP contribution is -2.47. The molecule has 158 valence electrons. The van der Waals surface area contributed by atoms with Crippen molar-refractivity contribution >= 4 is 21.6 Å². The number of rotatable bonds is 7. The molecule has 6 nitrogen and oxygen atoms in total. The summed E-state index contributed by atoms with van der Waals surface area (Å²) in [5.74, 6) is -0.247. The van der Waals surface area contributed by atoms with E-state index in [2.05, 4.69) is 5.32 Å². The van der Waals surface area contributed by atoms with Crippen LogP contribution in [0.15, 0.2) is 48.5 Å². The summed E-state index contributed by atoms with van der Waals surface area (Å²) in [5.41, 5.74) is -0.354. The fourth-order valence-corrected chi connectivity index (χ4v) is 3.92. The van der Waals surface area contributed by atoms with E-state index in [1.807, 2.05) is 0 Å². The molecule has 10 heteroatoms. The lowest BCUT2D eigenvalue weighted by Gasteiger charge is -2.28. The van der Waals surface area contributed by atoms with Crippen LogP contribution in [0, 0.1) is 0 Å². The molecule has 0 radical (unpaired) electrons. The van der Waals surface area contributed by atoms with Gasteiger partial charge in [-0.05, 0) is 36.8 Å². The zero-order valence-electron chi connectivity index (χ0n) is 16.0. The highest BCUT2D eigenvalue weighted by Gasteiger charge is 2.31. The Balaban J connectivity index is 2.20. The molecule has 0 saturated heterocycles. The van der Waals surface area contributed by atoms with Crippen molar-refractivity contribution in [2.75, 3.05) is 17.7 Å². The SMILES string of the molecule is COc1cccc(N([C@H](C)C(=O)NCc2cccc(C(F)(F)F)c2)S(C)(=O)=O)c1. The molecule has 0 aromatic heterocycles. The smallest absolute Gasteiger partial charge is 0.416 e. The van der Waals surface area contributed by atoms with Crippen LogP contribution in [-0.2, 0) is 27.5 Å². The second-order valence-electron chi connectivity index (χ2n) is 6.35. The number of benzene rings is 2. The first kappa shape index (κ1) is 22.5. The van der Waals surface area contributed by atoms with Crippen LogP contribution < -0.4 is 14.4 Å². The van der Waals surface area contributed by atoms with Crippen LogP contribution in [0.2, 0.25) is 0 Å². The fourth-order valence-electron chi connectivity index (χ4n) is 2.75. The Morgan fingerprint density at radius 3 is 2.41 bits per heavy atom. The molecule has 0 fully saturated rings. The van der Waals surface area contributed by atoms with Gasteiger partial charge in [-0.2, -0.15) is 13.2 Å². The lowest BCUT2D eigenvalue weighted by molar-refractivity contribution is -0.137. The van der Waals surface area contributed by atoms with Gasteiger partial charge in [0.2, 0.25) is 15.9 Å². The Bertz CT molecular complexity index is 977. The molecule has 0 aliphatic heterocycles. The molecule has 2 aromatic carbocycles. The zero-order chi connectivity index (χ0) is 21.8. The lowest BCUT2D eigenvalue weighted by atomic mass is 10.1. The second-order valence-corrected chi connectivity index (χ2v) is 8.21. The number of halogens is 3. The van der Waals surface area contributed by atoms with E-state index in [-0.39, 0.29) is 17.8 Å². The normalized spacial score (nSPS) is 12.9. The number of nitrogens with zero attached hydrogens (tertiary/aromatic N) is 1. The topological polar surface area (TPSA) is 75.7 Å². The number of sulfonamides is 1. The van der Waals surface area contributed by atoms with Crippen molar-refractivity contribution in [3.63, 3.8) is 0 Å². The maximum absolute atomic E-state index is 12.8. The number of alkyl halides is 3. The van der Waals surface area contributed by atoms with E-state index in [4.69, 9.17) is 4.74 Å². The molecular formula is C19H21F3N2O4S. The number of methoxy groups -OCH3 is 1. The predicted molar refractivity (Wildman–Crippen MR) is 103 cm³/mol. The molecule has 1 amide bonds. The number of hydrogen-bond acceptors (Lipinski definition) is 4. The minimum atomic E-state index is -4.49. The van der Waals surface area contributed by atoms with Gasteiger partial charge >= 0.3 is 6.18 Å². The van der Waals surface area contributed by atoms with Crippen LogP contribution in [0.25, 0.3) is 0 Å². The maximum Gasteiger partial charge on any atom is 0.416 e. The first-order valence-electron chi connectivity index (χ1n) is 8.51. The van der Waals surface area contributed by atoms with Crippen molar-refractivity contribution in [2.24, 2.45) is 0 Å². The zero-order valence-corrected chi connectivity index (χ0v) is 16.8. The van der Waals surface area contributed by atoms with Crippen LogP contribution >= 0.6 is 0 Å². The molecule has 0 heterocycles. The number of nitrogens with one attached hydrogen (secondary N) is 1. The third kappa shape index (κ3) is 5.86. The van der Waals surface area contributed by atoms with Gasteiger partial charge < -0.3 is 10.1 Å². The summed E-state index contributed by atoms with van der Waals surface area (Å²) >= 11 is 0. The van der Waals surface area contributed by atoms with Gasteiger partial charge in [-0.25, -0.2) is 8.42 Å². The van der Waals surface area contributed by atoms with Gasteiger partial charge in [0.25, 0.3) is 0 Å². The first-order chi connectivity index (χ1) is 13.4. The minimum Gasteiger partial charge on any atom is -0.497 e. The molecule has 0 unspecified atom stereocenters. The Morgan fingerprint density at radius 2 is 1.83 bits per heavy atom. The monoisotopic (exact) mass is 430 g/mol. The van der Waals surface area contributed by atoms with Crippen molar-refractivity contribution in [2.45, 2.75) is 25.7 Å². The molecule has 0 saturated carbocycles. The van der Waals surface area contributed by atoms with Crippen molar-refractivity contribution in [3.05, 3.63) is 59.7 Å². The summed E-state index contributed by atoms with van der Waals surface area (Å²) in [6.07, 6.45) is -3.53. The van der Waals surface area contributed by atoms with Crippen LogP contribution in [0.1, 0.15) is 18.1 Å². The second kappa shape index (κ2) is 8.73. The van der Waals surface area contributed by atoms with Crippen LogP contribution in [-0.4, -0.2) is 33.7 Å². The molecule has 0 spiro atoms. The standard InChI is InChI=1S/C19H21F3N2O4S/c1-13(24(29(3,26)27)16-8-5-9-17(11-16)28-2)18(25)23-12-14-6-4-7-15(10-14)19(20,21)22/h4-11,13H,12H2,1-3H3,(H,23,25)/t13-/m1/s1. The Kier molecular flexibility index (Phi) is 6.78. The van der Waals surface area contributed by atoms with E-state index in [1.165, 1.54) is 38.3 Å². The van der Waals surface area contributed by atoms with E-state index in [9.17, 15) is 26.4 Å². The molecule has 29 heavy (non-hydrogen) atoms. The largest absolute Gasteiger partial charge is 0.497 e. The summed E-state index contributed by atoms with van der Waals surface area (Å²) in [6.45, 7) is 1.21. The molecule has 2 aromatic rings. The van der Waals surface area contributed by atoms with Crippen molar-refractivity contribution in [1.29, 1.82) is 0 Å². The molecule has 0 bridgehead atoms. The average Bonchev–Trinajstić information content (AvgIpc) is 2.64. The predicted octanol–water partition coefficient (Wildman–Crippen LogP) is 3.18. The van der Waals surface area contributed by atoms with Gasteiger partial charge in [0.15, 0.2) is 0 Å². The van der Waals surface area contributed by atoms with Gasteiger partial charge in [-0.3, -0.25) is 9.10 Å². The molecular weight excluding hydrogens is 409 g/mol.